The van der Waals surface area contributed by atoms with Crippen LogP contribution in [0.25, 0.3) is 0 Å². The lowest BCUT2D eigenvalue weighted by Crippen LogP contribution is -2.12. The fourth-order valence-electron chi connectivity index (χ4n) is 0.890. The molecule has 0 heterocycles. The first-order valence-electron chi connectivity index (χ1n) is 4.35. The molecule has 0 bridgehead atoms. The van der Waals surface area contributed by atoms with E-state index in [1.165, 1.54) is 0 Å². The first-order valence-corrected chi connectivity index (χ1v) is 5.14. The molecule has 1 aromatic carbocycles. The van der Waals surface area contributed by atoms with Crippen LogP contribution in [-0.2, 0) is 0 Å². The number of nitrogens with one attached hydrogen (secondary N) is 1. The van der Waals surface area contributed by atoms with Crippen molar-refractivity contribution in [1.82, 2.24) is 4.90 Å². The second kappa shape index (κ2) is 5.68. The van der Waals surface area contributed by atoms with Crippen LogP contribution in [0.3, 0.4) is 0 Å². The number of thiocarbonyl (C=S) groups is 1. The van der Waals surface area contributed by atoms with Gasteiger partial charge in [0.15, 0.2) is 5.11 Å². The fourth-order valence-corrected chi connectivity index (χ4v) is 1.25. The summed E-state index contributed by atoms with van der Waals surface area (Å²) in [5.41, 5.74) is 0.836. The van der Waals surface area contributed by atoms with Gasteiger partial charge in [0.1, 0.15) is 0 Å². The van der Waals surface area contributed by atoms with Crippen LogP contribution in [-0.4, -0.2) is 30.4 Å². The molecular weight excluding hydrogens is 230 g/mol. The summed E-state index contributed by atoms with van der Waals surface area (Å²) in [6.07, 6.45) is 1.64. The normalized spacial score (nSPS) is 10.3. The van der Waals surface area contributed by atoms with Gasteiger partial charge in [0.2, 0.25) is 0 Å². The van der Waals surface area contributed by atoms with Gasteiger partial charge in [0, 0.05) is 24.8 Å². The summed E-state index contributed by atoms with van der Waals surface area (Å²) in [6.45, 7) is 0. The molecule has 5 heteroatoms. The van der Waals surface area contributed by atoms with Crippen LogP contribution < -0.4 is 5.32 Å². The number of benzene rings is 1. The predicted octanol–water partition coefficient (Wildman–Crippen LogP) is 2.63. The zero-order chi connectivity index (χ0) is 11.3. The molecule has 15 heavy (non-hydrogen) atoms. The Morgan fingerprint density at radius 1 is 1.53 bits per heavy atom. The molecule has 0 atom stereocenters. The highest BCUT2D eigenvalue weighted by atomic mass is 35.5. The molecule has 0 spiro atoms. The summed E-state index contributed by atoms with van der Waals surface area (Å²) in [5, 5.41) is 4.03. The Hall–Kier alpha value is -1.13. The highest BCUT2D eigenvalue weighted by Gasteiger charge is 1.95. The lowest BCUT2D eigenvalue weighted by atomic mass is 10.3. The Morgan fingerprint density at radius 3 is 2.87 bits per heavy atom. The van der Waals surface area contributed by atoms with Crippen molar-refractivity contribution >= 4 is 41.0 Å². The highest BCUT2D eigenvalue weighted by molar-refractivity contribution is 7.80. The second-order valence-electron chi connectivity index (χ2n) is 3.15. The standard InChI is InChI=1S/C10H12ClN3S/c1-14(2)7-12-10(15)13-9-5-3-4-8(11)6-9/h3-7H,1-2H3,(H,13,15). The van der Waals surface area contributed by atoms with Gasteiger partial charge in [-0.1, -0.05) is 17.7 Å². The van der Waals surface area contributed by atoms with Crippen molar-refractivity contribution in [3.63, 3.8) is 0 Å². The molecule has 0 saturated heterocycles. The third-order valence-electron chi connectivity index (χ3n) is 1.48. The molecule has 0 aliphatic carbocycles. The Morgan fingerprint density at radius 2 is 2.27 bits per heavy atom. The summed E-state index contributed by atoms with van der Waals surface area (Å²) in [7, 11) is 3.76. The van der Waals surface area contributed by atoms with E-state index < -0.39 is 0 Å². The van der Waals surface area contributed by atoms with Crippen LogP contribution in [0.5, 0.6) is 0 Å². The van der Waals surface area contributed by atoms with E-state index >= 15 is 0 Å². The Balaban J connectivity index is 2.59. The average molecular weight is 242 g/mol. The van der Waals surface area contributed by atoms with Gasteiger partial charge < -0.3 is 10.2 Å². The smallest absolute Gasteiger partial charge is 0.198 e. The van der Waals surface area contributed by atoms with Crippen LogP contribution in [0.15, 0.2) is 29.3 Å². The van der Waals surface area contributed by atoms with Crippen LogP contribution in [0.4, 0.5) is 5.69 Å². The number of anilines is 1. The molecule has 0 fully saturated rings. The summed E-state index contributed by atoms with van der Waals surface area (Å²) in [6, 6.07) is 7.32. The monoisotopic (exact) mass is 241 g/mol. The Kier molecular flexibility index (Phi) is 4.52. The van der Waals surface area contributed by atoms with Gasteiger partial charge in [-0.25, -0.2) is 4.99 Å². The molecule has 0 unspecified atom stereocenters. The average Bonchev–Trinajstić information content (AvgIpc) is 2.15. The Labute approximate surface area is 99.8 Å². The summed E-state index contributed by atoms with van der Waals surface area (Å²) < 4.78 is 0. The summed E-state index contributed by atoms with van der Waals surface area (Å²) in [4.78, 5) is 5.84. The zero-order valence-electron chi connectivity index (χ0n) is 8.57. The molecule has 0 aromatic heterocycles. The van der Waals surface area contributed by atoms with Crippen molar-refractivity contribution in [1.29, 1.82) is 0 Å². The maximum absolute atomic E-state index is 5.83. The van der Waals surface area contributed by atoms with Gasteiger partial charge in [-0.15, -0.1) is 0 Å². The summed E-state index contributed by atoms with van der Waals surface area (Å²) >= 11 is 10.8. The SMILES string of the molecule is CN(C)C=NC(=S)Nc1cccc(Cl)c1. The maximum atomic E-state index is 5.83. The molecule has 1 rings (SSSR count). The van der Waals surface area contributed by atoms with E-state index in [9.17, 15) is 0 Å². The molecule has 1 aromatic rings. The molecule has 3 nitrogen and oxygen atoms in total. The van der Waals surface area contributed by atoms with Crippen molar-refractivity contribution in [3.05, 3.63) is 29.3 Å². The van der Waals surface area contributed by atoms with Gasteiger partial charge in [-0.05, 0) is 30.4 Å². The molecule has 0 aliphatic heterocycles. The first kappa shape index (κ1) is 11.9. The second-order valence-corrected chi connectivity index (χ2v) is 3.97. The van der Waals surface area contributed by atoms with Crippen molar-refractivity contribution < 1.29 is 0 Å². The largest absolute Gasteiger partial charge is 0.369 e. The lowest BCUT2D eigenvalue weighted by Gasteiger charge is -2.05. The van der Waals surface area contributed by atoms with E-state index in [2.05, 4.69) is 10.3 Å². The minimum atomic E-state index is 0.408. The Bertz CT molecular complexity index is 377. The van der Waals surface area contributed by atoms with E-state index in [4.69, 9.17) is 23.8 Å². The third kappa shape index (κ3) is 4.76. The topological polar surface area (TPSA) is 27.6 Å². The number of nitrogens with zero attached hydrogens (tertiary/aromatic N) is 2. The van der Waals surface area contributed by atoms with E-state index in [1.54, 1.807) is 18.5 Å². The minimum Gasteiger partial charge on any atom is -0.369 e. The number of aliphatic imine (C=N–C) groups is 1. The molecule has 0 amide bonds. The molecule has 1 N–H and O–H groups in total. The molecule has 0 radical (unpaired) electrons. The van der Waals surface area contributed by atoms with Gasteiger partial charge >= 0.3 is 0 Å². The summed E-state index contributed by atoms with van der Waals surface area (Å²) in [5.74, 6) is 0. The van der Waals surface area contributed by atoms with Crippen molar-refractivity contribution in [2.24, 2.45) is 4.99 Å². The number of halogens is 1. The van der Waals surface area contributed by atoms with Crippen molar-refractivity contribution in [3.8, 4) is 0 Å². The van der Waals surface area contributed by atoms with E-state index in [0.29, 0.717) is 10.1 Å². The third-order valence-corrected chi connectivity index (χ3v) is 1.92. The van der Waals surface area contributed by atoms with Crippen LogP contribution in [0.1, 0.15) is 0 Å². The molecular formula is C10H12ClN3S. The molecule has 80 valence electrons. The van der Waals surface area contributed by atoms with Crippen LogP contribution in [0, 0.1) is 0 Å². The number of hydrogen-bond acceptors (Lipinski definition) is 1. The van der Waals surface area contributed by atoms with Gasteiger partial charge in [0.05, 0.1) is 6.34 Å². The minimum absolute atomic E-state index is 0.408. The van der Waals surface area contributed by atoms with Crippen molar-refractivity contribution in [2.75, 3.05) is 19.4 Å². The zero-order valence-corrected chi connectivity index (χ0v) is 10.1. The quantitative estimate of drug-likeness (QED) is 0.490. The first-order chi connectivity index (χ1) is 7.08. The van der Waals surface area contributed by atoms with Crippen LogP contribution >= 0.6 is 23.8 Å². The van der Waals surface area contributed by atoms with Crippen LogP contribution in [0.2, 0.25) is 5.02 Å². The number of hydrogen-bond donors (Lipinski definition) is 1. The van der Waals surface area contributed by atoms with Crippen molar-refractivity contribution in [2.45, 2.75) is 0 Å². The van der Waals surface area contributed by atoms with Gasteiger partial charge in [0.25, 0.3) is 0 Å². The van der Waals surface area contributed by atoms with Gasteiger partial charge in [-0.2, -0.15) is 0 Å². The van der Waals surface area contributed by atoms with Gasteiger partial charge in [-0.3, -0.25) is 0 Å². The fraction of sp³-hybridized carbons (Fsp3) is 0.200. The maximum Gasteiger partial charge on any atom is 0.198 e. The molecule has 0 aliphatic rings. The molecule has 0 saturated carbocycles. The van der Waals surface area contributed by atoms with E-state index in [1.807, 2.05) is 31.1 Å². The lowest BCUT2D eigenvalue weighted by molar-refractivity contribution is 0.644. The van der Waals surface area contributed by atoms with E-state index in [0.717, 1.165) is 5.69 Å². The number of rotatable bonds is 2. The van der Waals surface area contributed by atoms with E-state index in [-0.39, 0.29) is 0 Å². The highest BCUT2D eigenvalue weighted by Crippen LogP contribution is 2.14. The predicted molar refractivity (Wildman–Crippen MR) is 69.9 cm³/mol.